The number of amides is 1. The minimum absolute atomic E-state index is 0.335. The van der Waals surface area contributed by atoms with Gasteiger partial charge in [-0.25, -0.2) is 4.79 Å². The van der Waals surface area contributed by atoms with Gasteiger partial charge >= 0.3 is 5.97 Å². The second kappa shape index (κ2) is 8.50. The number of hydrogen-bond donors (Lipinski definition) is 1. The zero-order chi connectivity index (χ0) is 18.2. The topological polar surface area (TPSA) is 88.4 Å². The number of nitriles is 1. The standard InChI is InChI=1S/C19H18N2O4/c1-3-24-17-10-6-15(7-11-17)19(23)25-13(2)18(22)21-16-8-4-14(12-20)5-9-16/h4-11,13H,3H2,1-2H3,(H,21,22)/t13-/m1/s1. The van der Waals surface area contributed by atoms with Crippen LogP contribution < -0.4 is 10.1 Å². The molecule has 0 fully saturated rings. The van der Waals surface area contributed by atoms with Crippen LogP contribution in [0.1, 0.15) is 29.8 Å². The van der Waals surface area contributed by atoms with E-state index in [0.29, 0.717) is 29.2 Å². The maximum absolute atomic E-state index is 12.1. The SMILES string of the molecule is CCOc1ccc(C(=O)O[C@H](C)C(=O)Nc2ccc(C#N)cc2)cc1. The highest BCUT2D eigenvalue weighted by molar-refractivity contribution is 5.97. The molecule has 0 radical (unpaired) electrons. The van der Waals surface area contributed by atoms with Crippen molar-refractivity contribution in [2.75, 3.05) is 11.9 Å². The molecule has 6 nitrogen and oxygen atoms in total. The van der Waals surface area contributed by atoms with Gasteiger partial charge in [-0.3, -0.25) is 4.79 Å². The molecule has 0 aliphatic rings. The maximum Gasteiger partial charge on any atom is 0.338 e. The lowest BCUT2D eigenvalue weighted by Gasteiger charge is -2.14. The van der Waals surface area contributed by atoms with E-state index in [4.69, 9.17) is 14.7 Å². The molecule has 0 unspecified atom stereocenters. The van der Waals surface area contributed by atoms with Crippen molar-refractivity contribution in [1.82, 2.24) is 0 Å². The van der Waals surface area contributed by atoms with Crippen LogP contribution in [0.4, 0.5) is 5.69 Å². The number of hydrogen-bond acceptors (Lipinski definition) is 5. The second-order valence-corrected chi connectivity index (χ2v) is 5.18. The van der Waals surface area contributed by atoms with Crippen molar-refractivity contribution in [3.05, 3.63) is 59.7 Å². The van der Waals surface area contributed by atoms with Crippen LogP contribution in [0.15, 0.2) is 48.5 Å². The van der Waals surface area contributed by atoms with Crippen LogP contribution in [0.25, 0.3) is 0 Å². The van der Waals surface area contributed by atoms with E-state index in [-0.39, 0.29) is 0 Å². The van der Waals surface area contributed by atoms with E-state index >= 15 is 0 Å². The van der Waals surface area contributed by atoms with Gasteiger partial charge in [-0.2, -0.15) is 5.26 Å². The summed E-state index contributed by atoms with van der Waals surface area (Å²) in [5.74, 6) is -0.389. The lowest BCUT2D eigenvalue weighted by molar-refractivity contribution is -0.123. The minimum atomic E-state index is -0.963. The van der Waals surface area contributed by atoms with E-state index in [0.717, 1.165) is 0 Å². The Bertz CT molecular complexity index is 777. The third kappa shape index (κ3) is 5.08. The predicted molar refractivity (Wildman–Crippen MR) is 92.3 cm³/mol. The zero-order valence-electron chi connectivity index (χ0n) is 14.0. The molecule has 0 aliphatic heterocycles. The molecular weight excluding hydrogens is 320 g/mol. The minimum Gasteiger partial charge on any atom is -0.494 e. The van der Waals surface area contributed by atoms with Crippen molar-refractivity contribution in [1.29, 1.82) is 5.26 Å². The average molecular weight is 338 g/mol. The first-order valence-electron chi connectivity index (χ1n) is 7.78. The molecule has 25 heavy (non-hydrogen) atoms. The Kier molecular flexibility index (Phi) is 6.13. The predicted octanol–water partition coefficient (Wildman–Crippen LogP) is 3.14. The van der Waals surface area contributed by atoms with Crippen molar-refractivity contribution in [2.45, 2.75) is 20.0 Å². The molecule has 1 atom stereocenters. The van der Waals surface area contributed by atoms with E-state index in [1.165, 1.54) is 6.92 Å². The van der Waals surface area contributed by atoms with Gasteiger partial charge in [-0.1, -0.05) is 0 Å². The van der Waals surface area contributed by atoms with Crippen LogP contribution in [0.5, 0.6) is 5.75 Å². The van der Waals surface area contributed by atoms with E-state index < -0.39 is 18.0 Å². The number of carbonyl (C=O) groups excluding carboxylic acids is 2. The van der Waals surface area contributed by atoms with E-state index in [2.05, 4.69) is 5.32 Å². The van der Waals surface area contributed by atoms with Crippen LogP contribution in [0, 0.1) is 11.3 Å². The van der Waals surface area contributed by atoms with E-state index in [9.17, 15) is 9.59 Å². The second-order valence-electron chi connectivity index (χ2n) is 5.18. The molecule has 0 spiro atoms. The van der Waals surface area contributed by atoms with Crippen LogP contribution >= 0.6 is 0 Å². The van der Waals surface area contributed by atoms with Gasteiger partial charge in [-0.15, -0.1) is 0 Å². The van der Waals surface area contributed by atoms with E-state index in [1.807, 2.05) is 13.0 Å². The third-order valence-electron chi connectivity index (χ3n) is 3.34. The molecule has 2 aromatic rings. The van der Waals surface area contributed by atoms with Gasteiger partial charge < -0.3 is 14.8 Å². The summed E-state index contributed by atoms with van der Waals surface area (Å²) in [7, 11) is 0. The quantitative estimate of drug-likeness (QED) is 0.818. The first kappa shape index (κ1) is 18.0. The van der Waals surface area contributed by atoms with Crippen molar-refractivity contribution < 1.29 is 19.1 Å². The Morgan fingerprint density at radius 1 is 1.12 bits per heavy atom. The third-order valence-corrected chi connectivity index (χ3v) is 3.34. The fourth-order valence-electron chi connectivity index (χ4n) is 2.01. The maximum atomic E-state index is 12.1. The average Bonchev–Trinajstić information content (AvgIpc) is 2.63. The summed E-state index contributed by atoms with van der Waals surface area (Å²) < 4.78 is 10.5. The normalized spacial score (nSPS) is 11.1. The lowest BCUT2D eigenvalue weighted by atomic mass is 10.2. The van der Waals surface area contributed by atoms with Crippen LogP contribution in [0.3, 0.4) is 0 Å². The molecule has 0 aliphatic carbocycles. The Morgan fingerprint density at radius 2 is 1.76 bits per heavy atom. The van der Waals surface area contributed by atoms with E-state index in [1.54, 1.807) is 48.5 Å². The molecule has 128 valence electrons. The summed E-state index contributed by atoms with van der Waals surface area (Å²) >= 11 is 0. The zero-order valence-corrected chi connectivity index (χ0v) is 14.0. The molecule has 0 saturated carbocycles. The molecule has 2 rings (SSSR count). The van der Waals surface area contributed by atoms with Crippen LogP contribution in [-0.4, -0.2) is 24.6 Å². The molecule has 0 saturated heterocycles. The number of rotatable bonds is 6. The summed E-state index contributed by atoms with van der Waals surface area (Å²) in [5, 5.41) is 11.4. The van der Waals surface area contributed by atoms with Gasteiger partial charge in [0.2, 0.25) is 0 Å². The number of anilines is 1. The molecule has 1 N–H and O–H groups in total. The first-order chi connectivity index (χ1) is 12.0. The van der Waals surface area contributed by atoms with Gasteiger partial charge in [0.25, 0.3) is 5.91 Å². The summed E-state index contributed by atoms with van der Waals surface area (Å²) in [4.78, 5) is 24.2. The smallest absolute Gasteiger partial charge is 0.338 e. The Morgan fingerprint density at radius 3 is 2.32 bits per heavy atom. The number of nitrogens with one attached hydrogen (secondary N) is 1. The fourth-order valence-corrected chi connectivity index (χ4v) is 2.01. The molecule has 0 aromatic heterocycles. The Labute approximate surface area is 146 Å². The van der Waals surface area contributed by atoms with Crippen molar-refractivity contribution in [3.8, 4) is 11.8 Å². The van der Waals surface area contributed by atoms with Gasteiger partial charge in [0.05, 0.1) is 23.8 Å². The lowest BCUT2D eigenvalue weighted by Crippen LogP contribution is -2.30. The number of ether oxygens (including phenoxy) is 2. The van der Waals surface area contributed by atoms with Gasteiger partial charge in [0.15, 0.2) is 6.10 Å². The van der Waals surface area contributed by atoms with Crippen molar-refractivity contribution in [2.24, 2.45) is 0 Å². The van der Waals surface area contributed by atoms with Crippen molar-refractivity contribution >= 4 is 17.6 Å². The van der Waals surface area contributed by atoms with Gasteiger partial charge in [-0.05, 0) is 62.4 Å². The molecular formula is C19H18N2O4. The van der Waals surface area contributed by atoms with Crippen LogP contribution in [0.2, 0.25) is 0 Å². The largest absolute Gasteiger partial charge is 0.494 e. The first-order valence-corrected chi connectivity index (χ1v) is 7.78. The van der Waals surface area contributed by atoms with Gasteiger partial charge in [0.1, 0.15) is 5.75 Å². The monoisotopic (exact) mass is 338 g/mol. The molecule has 0 bridgehead atoms. The number of benzene rings is 2. The summed E-state index contributed by atoms with van der Waals surface area (Å²) in [6.07, 6.45) is -0.963. The highest BCUT2D eigenvalue weighted by atomic mass is 16.5. The molecule has 0 heterocycles. The summed E-state index contributed by atoms with van der Waals surface area (Å²) in [5.41, 5.74) is 1.35. The number of carbonyl (C=O) groups is 2. The van der Waals surface area contributed by atoms with Gasteiger partial charge in [0, 0.05) is 5.69 Å². The summed E-state index contributed by atoms with van der Waals surface area (Å²) in [6.45, 7) is 3.90. The number of nitrogens with zero attached hydrogens (tertiary/aromatic N) is 1. The highest BCUT2D eigenvalue weighted by Crippen LogP contribution is 2.14. The summed E-state index contributed by atoms with van der Waals surface area (Å²) in [6, 6.07) is 14.9. The molecule has 2 aromatic carbocycles. The van der Waals surface area contributed by atoms with Crippen molar-refractivity contribution in [3.63, 3.8) is 0 Å². The van der Waals surface area contributed by atoms with Crippen LogP contribution in [-0.2, 0) is 9.53 Å². The molecule has 6 heteroatoms. The Hall–Kier alpha value is -3.33. The fraction of sp³-hybridized carbons (Fsp3) is 0.211. The Balaban J connectivity index is 1.93. The highest BCUT2D eigenvalue weighted by Gasteiger charge is 2.19. The molecule has 1 amide bonds. The number of esters is 1.